The molecule has 2 N–H and O–H groups in total. The Morgan fingerprint density at radius 1 is 1.56 bits per heavy atom. The van der Waals surface area contributed by atoms with Gasteiger partial charge in [-0.3, -0.25) is 4.79 Å². The van der Waals surface area contributed by atoms with Crippen LogP contribution in [0.1, 0.15) is 39.5 Å². The molecule has 18 heavy (non-hydrogen) atoms. The fourth-order valence-electron chi connectivity index (χ4n) is 2.13. The molecular formula is C11H22N2O4S. The molecule has 0 aromatic heterocycles. The fraction of sp³-hybridized carbons (Fsp3) is 0.909. The predicted octanol–water partition coefficient (Wildman–Crippen LogP) is 0.806. The molecule has 0 saturated carbocycles. The highest BCUT2D eigenvalue weighted by atomic mass is 32.2. The topological polar surface area (TPSA) is 86.7 Å². The van der Waals surface area contributed by atoms with Crippen molar-refractivity contribution in [2.24, 2.45) is 5.92 Å². The van der Waals surface area contributed by atoms with E-state index in [-0.39, 0.29) is 6.42 Å². The van der Waals surface area contributed by atoms with E-state index in [9.17, 15) is 13.2 Å². The van der Waals surface area contributed by atoms with Gasteiger partial charge in [0.1, 0.15) is 0 Å². The van der Waals surface area contributed by atoms with E-state index >= 15 is 0 Å². The van der Waals surface area contributed by atoms with Crippen molar-refractivity contribution in [2.75, 3.05) is 13.1 Å². The minimum absolute atomic E-state index is 0.181. The van der Waals surface area contributed by atoms with Crippen molar-refractivity contribution in [3.05, 3.63) is 0 Å². The molecule has 0 aliphatic carbocycles. The Morgan fingerprint density at radius 2 is 2.22 bits per heavy atom. The molecule has 1 rings (SSSR count). The molecule has 0 aromatic rings. The first kappa shape index (κ1) is 15.4. The molecule has 1 aliphatic rings. The highest BCUT2D eigenvalue weighted by Crippen LogP contribution is 2.18. The lowest BCUT2D eigenvalue weighted by atomic mass is 10.0. The smallest absolute Gasteiger partial charge is 0.304 e. The summed E-state index contributed by atoms with van der Waals surface area (Å²) in [5.41, 5.74) is 0. The molecule has 1 aliphatic heterocycles. The number of hydrogen-bond donors (Lipinski definition) is 2. The van der Waals surface area contributed by atoms with E-state index in [0.29, 0.717) is 25.4 Å². The number of hydrogen-bond acceptors (Lipinski definition) is 3. The van der Waals surface area contributed by atoms with Gasteiger partial charge >= 0.3 is 5.97 Å². The van der Waals surface area contributed by atoms with Gasteiger partial charge in [0.2, 0.25) is 0 Å². The van der Waals surface area contributed by atoms with Crippen LogP contribution in [0.5, 0.6) is 0 Å². The van der Waals surface area contributed by atoms with E-state index in [0.717, 1.165) is 12.8 Å². The summed E-state index contributed by atoms with van der Waals surface area (Å²) in [5.74, 6) is -0.633. The van der Waals surface area contributed by atoms with Gasteiger partial charge in [-0.2, -0.15) is 17.4 Å². The van der Waals surface area contributed by atoms with Gasteiger partial charge in [0.15, 0.2) is 0 Å². The first-order valence-electron chi connectivity index (χ1n) is 6.34. The molecule has 0 amide bonds. The molecule has 2 atom stereocenters. The molecule has 2 unspecified atom stereocenters. The number of nitrogens with one attached hydrogen (secondary N) is 1. The van der Waals surface area contributed by atoms with E-state index in [2.05, 4.69) is 4.72 Å². The van der Waals surface area contributed by atoms with Crippen LogP contribution in [0.2, 0.25) is 0 Å². The minimum Gasteiger partial charge on any atom is -0.481 e. The molecule has 1 saturated heterocycles. The van der Waals surface area contributed by atoms with E-state index in [1.54, 1.807) is 6.92 Å². The highest BCUT2D eigenvalue weighted by Gasteiger charge is 2.29. The zero-order chi connectivity index (χ0) is 13.8. The average molecular weight is 278 g/mol. The third-order valence-electron chi connectivity index (χ3n) is 3.19. The van der Waals surface area contributed by atoms with Gasteiger partial charge in [-0.25, -0.2) is 0 Å². The maximum absolute atomic E-state index is 12.1. The van der Waals surface area contributed by atoms with E-state index in [4.69, 9.17) is 5.11 Å². The molecule has 1 fully saturated rings. The van der Waals surface area contributed by atoms with Gasteiger partial charge in [-0.1, -0.05) is 13.8 Å². The number of rotatable bonds is 6. The Hall–Kier alpha value is -0.660. The second kappa shape index (κ2) is 6.49. The zero-order valence-electron chi connectivity index (χ0n) is 10.9. The monoisotopic (exact) mass is 278 g/mol. The summed E-state index contributed by atoms with van der Waals surface area (Å²) in [6.45, 7) is 4.83. The Balaban J connectivity index is 2.64. The maximum atomic E-state index is 12.1. The molecule has 1 heterocycles. The van der Waals surface area contributed by atoms with Gasteiger partial charge in [0.25, 0.3) is 10.2 Å². The summed E-state index contributed by atoms with van der Waals surface area (Å²) in [6, 6.07) is -0.537. The van der Waals surface area contributed by atoms with Gasteiger partial charge in [0.05, 0.1) is 6.42 Å². The van der Waals surface area contributed by atoms with Crippen molar-refractivity contribution in [1.29, 1.82) is 0 Å². The first-order chi connectivity index (χ1) is 8.35. The molecule has 0 aromatic carbocycles. The van der Waals surface area contributed by atoms with E-state index in [1.165, 1.54) is 4.31 Å². The molecule has 106 valence electrons. The normalized spacial score (nSPS) is 23.8. The van der Waals surface area contributed by atoms with Crippen LogP contribution in [-0.4, -0.2) is 42.9 Å². The van der Waals surface area contributed by atoms with Crippen molar-refractivity contribution < 1.29 is 18.3 Å². The Kier molecular flexibility index (Phi) is 5.55. The summed E-state index contributed by atoms with van der Waals surface area (Å²) in [4.78, 5) is 10.6. The summed E-state index contributed by atoms with van der Waals surface area (Å²) >= 11 is 0. The SMILES string of the molecule is CCC(CC(=O)O)NS(=O)(=O)N1CCCC(C)C1. The van der Waals surface area contributed by atoms with Crippen LogP contribution < -0.4 is 4.72 Å². The van der Waals surface area contributed by atoms with Crippen molar-refractivity contribution in [3.63, 3.8) is 0 Å². The van der Waals surface area contributed by atoms with E-state index < -0.39 is 22.2 Å². The lowest BCUT2D eigenvalue weighted by Crippen LogP contribution is -2.49. The number of piperidine rings is 1. The molecule has 6 nitrogen and oxygen atoms in total. The first-order valence-corrected chi connectivity index (χ1v) is 7.78. The standard InChI is InChI=1S/C11H22N2O4S/c1-3-10(7-11(14)15)12-18(16,17)13-6-4-5-9(2)8-13/h9-10,12H,3-8H2,1-2H3,(H,14,15). The Bertz CT molecular complexity index is 383. The Labute approximate surface area is 109 Å². The third-order valence-corrected chi connectivity index (χ3v) is 4.83. The van der Waals surface area contributed by atoms with Gasteiger partial charge in [0, 0.05) is 19.1 Å². The number of carboxylic acids is 1. The summed E-state index contributed by atoms with van der Waals surface area (Å²) in [5, 5.41) is 8.72. The molecule has 7 heteroatoms. The van der Waals surface area contributed by atoms with Crippen LogP contribution in [0, 0.1) is 5.92 Å². The second-order valence-electron chi connectivity index (χ2n) is 4.93. The predicted molar refractivity (Wildman–Crippen MR) is 68.4 cm³/mol. The van der Waals surface area contributed by atoms with Gasteiger partial charge < -0.3 is 5.11 Å². The molecule has 0 spiro atoms. The molecule has 0 bridgehead atoms. The van der Waals surface area contributed by atoms with Crippen molar-refractivity contribution in [3.8, 4) is 0 Å². The number of carboxylic acid groups (broad SMARTS) is 1. The zero-order valence-corrected chi connectivity index (χ0v) is 11.7. The van der Waals surface area contributed by atoms with Crippen LogP contribution in [0.3, 0.4) is 0 Å². The number of nitrogens with zero attached hydrogens (tertiary/aromatic N) is 1. The minimum atomic E-state index is -3.55. The van der Waals surface area contributed by atoms with Crippen molar-refractivity contribution in [1.82, 2.24) is 9.03 Å². The van der Waals surface area contributed by atoms with E-state index in [1.807, 2.05) is 6.92 Å². The maximum Gasteiger partial charge on any atom is 0.304 e. The third kappa shape index (κ3) is 4.55. The van der Waals surface area contributed by atoms with Gasteiger partial charge in [-0.05, 0) is 25.2 Å². The van der Waals surface area contributed by atoms with Crippen molar-refractivity contribution >= 4 is 16.2 Å². The average Bonchev–Trinajstić information content (AvgIpc) is 2.27. The van der Waals surface area contributed by atoms with Crippen LogP contribution in [0.25, 0.3) is 0 Å². The van der Waals surface area contributed by atoms with Crippen LogP contribution in [0.4, 0.5) is 0 Å². The van der Waals surface area contributed by atoms with Crippen LogP contribution in [-0.2, 0) is 15.0 Å². The highest BCUT2D eigenvalue weighted by molar-refractivity contribution is 7.87. The largest absolute Gasteiger partial charge is 0.481 e. The summed E-state index contributed by atoms with van der Waals surface area (Å²) in [7, 11) is -3.55. The second-order valence-corrected chi connectivity index (χ2v) is 6.63. The van der Waals surface area contributed by atoms with Crippen LogP contribution >= 0.6 is 0 Å². The summed E-state index contributed by atoms with van der Waals surface area (Å²) in [6.07, 6.45) is 2.18. The fourth-order valence-corrected chi connectivity index (χ4v) is 3.77. The number of carbonyl (C=O) groups is 1. The van der Waals surface area contributed by atoms with Gasteiger partial charge in [-0.15, -0.1) is 0 Å². The Morgan fingerprint density at radius 3 is 2.72 bits per heavy atom. The lowest BCUT2D eigenvalue weighted by molar-refractivity contribution is -0.137. The number of aliphatic carboxylic acids is 1. The molecule has 0 radical (unpaired) electrons. The quantitative estimate of drug-likeness (QED) is 0.752. The van der Waals surface area contributed by atoms with Crippen LogP contribution in [0.15, 0.2) is 0 Å². The summed E-state index contributed by atoms with van der Waals surface area (Å²) < 4.78 is 28.1. The lowest BCUT2D eigenvalue weighted by Gasteiger charge is -2.31. The molecular weight excluding hydrogens is 256 g/mol. The van der Waals surface area contributed by atoms with Crippen molar-refractivity contribution in [2.45, 2.75) is 45.6 Å².